The first-order chi connectivity index (χ1) is 16.3. The van der Waals surface area contributed by atoms with Crippen LogP contribution in [0.4, 0.5) is 38.0 Å². The Kier molecular flexibility index (Phi) is 5.93. The molecule has 0 saturated carbocycles. The van der Waals surface area contributed by atoms with E-state index >= 15 is 0 Å². The van der Waals surface area contributed by atoms with E-state index in [1.165, 1.54) is 0 Å². The molecule has 4 heterocycles. The van der Waals surface area contributed by atoms with Gasteiger partial charge in [-0.2, -0.15) is 31.4 Å². The molecule has 2 aromatic heterocycles. The number of carbonyl (C=O) groups excluding carboxylic acids is 2. The number of piperidine rings is 1. The van der Waals surface area contributed by atoms with Crippen LogP contribution < -0.4 is 10.2 Å². The van der Waals surface area contributed by atoms with Crippen molar-refractivity contribution in [3.05, 3.63) is 34.6 Å². The number of halogens is 6. The number of methoxy groups -OCH3 is 1. The van der Waals surface area contributed by atoms with Gasteiger partial charge in [-0.3, -0.25) is 9.89 Å². The largest absolute Gasteiger partial charge is 0.464 e. The van der Waals surface area contributed by atoms with Crippen molar-refractivity contribution in [1.29, 1.82) is 0 Å². The van der Waals surface area contributed by atoms with Gasteiger partial charge in [-0.1, -0.05) is 0 Å². The standard InChI is InChI=1S/C20H19F6N5O4/c1-35-17(33)15-10(19(21,22)23)2-3-11(27-15)31-6-4-9(5-7-31)14-13-16(30-29-14)28-12(32)8-18(13,34)20(24,25)26/h2-3,9,34H,4-8H2,1H3,(H2,28,29,30,32). The van der Waals surface area contributed by atoms with Gasteiger partial charge < -0.3 is 20.1 Å². The molecular formula is C20H19F6N5O4. The molecule has 1 saturated heterocycles. The number of rotatable bonds is 3. The number of hydrogen-bond donors (Lipinski definition) is 3. The molecule has 2 aromatic rings. The Balaban J connectivity index is 1.58. The van der Waals surface area contributed by atoms with Gasteiger partial charge in [0.1, 0.15) is 11.6 Å². The van der Waals surface area contributed by atoms with Crippen molar-refractivity contribution in [2.24, 2.45) is 0 Å². The third kappa shape index (κ3) is 4.28. The fraction of sp³-hybridized carbons (Fsp3) is 0.500. The molecular weight excluding hydrogens is 488 g/mol. The SMILES string of the molecule is COC(=O)c1nc(N2CCC(c3n[nH]c4c3C(O)(C(F)(F)F)CC(=O)N4)CC2)ccc1C(F)(F)F. The van der Waals surface area contributed by atoms with Crippen LogP contribution in [0.15, 0.2) is 12.1 Å². The zero-order valence-electron chi connectivity index (χ0n) is 18.0. The average Bonchev–Trinajstić information content (AvgIpc) is 3.21. The van der Waals surface area contributed by atoms with Gasteiger partial charge in [0.2, 0.25) is 5.91 Å². The van der Waals surface area contributed by atoms with E-state index in [0.717, 1.165) is 19.2 Å². The molecule has 3 N–H and O–H groups in total. The summed E-state index contributed by atoms with van der Waals surface area (Å²) in [5.74, 6) is -3.09. The number of anilines is 2. The fourth-order valence-corrected chi connectivity index (χ4v) is 4.39. The second kappa shape index (κ2) is 8.39. The first kappa shape index (κ1) is 24.8. The first-order valence-electron chi connectivity index (χ1n) is 10.4. The van der Waals surface area contributed by atoms with Gasteiger partial charge in [-0.05, 0) is 25.0 Å². The zero-order valence-corrected chi connectivity index (χ0v) is 18.0. The Bertz CT molecular complexity index is 1160. The number of pyridine rings is 1. The summed E-state index contributed by atoms with van der Waals surface area (Å²) in [6.45, 7) is 0.337. The summed E-state index contributed by atoms with van der Waals surface area (Å²) in [4.78, 5) is 29.0. The molecule has 1 amide bonds. The minimum Gasteiger partial charge on any atom is -0.464 e. The molecule has 0 radical (unpaired) electrons. The molecule has 1 fully saturated rings. The fourth-order valence-electron chi connectivity index (χ4n) is 4.39. The maximum absolute atomic E-state index is 13.7. The van der Waals surface area contributed by atoms with Crippen molar-refractivity contribution in [2.45, 2.75) is 43.1 Å². The van der Waals surface area contributed by atoms with Crippen LogP contribution in [0.3, 0.4) is 0 Å². The highest BCUT2D eigenvalue weighted by Crippen LogP contribution is 2.49. The lowest BCUT2D eigenvalue weighted by atomic mass is 9.81. The van der Waals surface area contributed by atoms with E-state index in [4.69, 9.17) is 0 Å². The third-order valence-electron chi connectivity index (χ3n) is 6.13. The van der Waals surface area contributed by atoms with Crippen molar-refractivity contribution in [3.63, 3.8) is 0 Å². The topological polar surface area (TPSA) is 120 Å². The van der Waals surface area contributed by atoms with E-state index in [-0.39, 0.29) is 43.3 Å². The molecule has 4 rings (SSSR count). The highest BCUT2D eigenvalue weighted by atomic mass is 19.4. The van der Waals surface area contributed by atoms with Crippen LogP contribution in [0, 0.1) is 0 Å². The van der Waals surface area contributed by atoms with E-state index in [9.17, 15) is 41.0 Å². The van der Waals surface area contributed by atoms with Gasteiger partial charge in [-0.15, -0.1) is 0 Å². The lowest BCUT2D eigenvalue weighted by molar-refractivity contribution is -0.267. The summed E-state index contributed by atoms with van der Waals surface area (Å²) >= 11 is 0. The van der Waals surface area contributed by atoms with Gasteiger partial charge in [0.15, 0.2) is 11.3 Å². The highest BCUT2D eigenvalue weighted by Gasteiger charge is 2.61. The molecule has 0 bridgehead atoms. The van der Waals surface area contributed by atoms with E-state index in [1.54, 1.807) is 4.90 Å². The first-order valence-corrected chi connectivity index (χ1v) is 10.4. The van der Waals surface area contributed by atoms with Gasteiger partial charge in [-0.25, -0.2) is 9.78 Å². The van der Waals surface area contributed by atoms with Crippen molar-refractivity contribution in [2.75, 3.05) is 30.4 Å². The summed E-state index contributed by atoms with van der Waals surface area (Å²) in [7, 11) is 0.928. The summed E-state index contributed by atoms with van der Waals surface area (Å²) in [5.41, 5.74) is -6.14. The Morgan fingerprint density at radius 2 is 1.86 bits per heavy atom. The maximum atomic E-state index is 13.7. The number of H-pyrrole nitrogens is 1. The predicted octanol–water partition coefficient (Wildman–Crippen LogP) is 3.09. The molecule has 2 aliphatic heterocycles. The smallest absolute Gasteiger partial charge is 0.422 e. The normalized spacial score (nSPS) is 21.5. The molecule has 2 aliphatic rings. The number of fused-ring (bicyclic) bond motifs is 1. The number of amides is 1. The Morgan fingerprint density at radius 3 is 2.43 bits per heavy atom. The number of hydrogen-bond acceptors (Lipinski definition) is 7. The molecule has 1 unspecified atom stereocenters. The summed E-state index contributed by atoms with van der Waals surface area (Å²) in [6.07, 6.45) is -10.7. The molecule has 15 heteroatoms. The number of carbonyl (C=O) groups is 2. The minimum absolute atomic E-state index is 0.0462. The van der Waals surface area contributed by atoms with Gasteiger partial charge in [0, 0.05) is 19.0 Å². The van der Waals surface area contributed by atoms with Crippen molar-refractivity contribution < 1.29 is 45.8 Å². The average molecular weight is 507 g/mol. The molecule has 35 heavy (non-hydrogen) atoms. The molecule has 9 nitrogen and oxygen atoms in total. The Labute approximate surface area is 193 Å². The van der Waals surface area contributed by atoms with Crippen LogP contribution in [0.25, 0.3) is 0 Å². The number of ether oxygens (including phenoxy) is 1. The van der Waals surface area contributed by atoms with Gasteiger partial charge >= 0.3 is 18.3 Å². The van der Waals surface area contributed by atoms with E-state index in [1.807, 2.05) is 0 Å². The number of alkyl halides is 6. The quantitative estimate of drug-likeness (QED) is 0.431. The van der Waals surface area contributed by atoms with Crippen LogP contribution in [-0.4, -0.2) is 58.5 Å². The second-order valence-corrected chi connectivity index (χ2v) is 8.26. The van der Waals surface area contributed by atoms with Crippen molar-refractivity contribution in [3.8, 4) is 0 Å². The maximum Gasteiger partial charge on any atom is 0.422 e. The Hall–Kier alpha value is -3.36. The van der Waals surface area contributed by atoms with Crippen LogP contribution in [0.5, 0.6) is 0 Å². The summed E-state index contributed by atoms with van der Waals surface area (Å²) in [5, 5.41) is 19.0. The van der Waals surface area contributed by atoms with Crippen LogP contribution in [0.1, 0.15) is 52.5 Å². The number of nitrogens with one attached hydrogen (secondary N) is 2. The van der Waals surface area contributed by atoms with Crippen molar-refractivity contribution in [1.82, 2.24) is 15.2 Å². The van der Waals surface area contributed by atoms with E-state index in [0.29, 0.717) is 0 Å². The number of aromatic nitrogens is 3. The van der Waals surface area contributed by atoms with Crippen LogP contribution in [0.2, 0.25) is 0 Å². The van der Waals surface area contributed by atoms with Crippen LogP contribution >= 0.6 is 0 Å². The van der Waals surface area contributed by atoms with E-state index < -0.39 is 59.0 Å². The van der Waals surface area contributed by atoms with E-state index in [2.05, 4.69) is 25.2 Å². The minimum atomic E-state index is -5.13. The number of aromatic amines is 1. The number of nitrogens with zero attached hydrogens (tertiary/aromatic N) is 3. The molecule has 1 atom stereocenters. The monoisotopic (exact) mass is 507 g/mol. The Morgan fingerprint density at radius 1 is 1.20 bits per heavy atom. The molecule has 190 valence electrons. The van der Waals surface area contributed by atoms with Gasteiger partial charge in [0.25, 0.3) is 0 Å². The number of aliphatic hydroxyl groups is 1. The molecule has 0 aromatic carbocycles. The highest BCUT2D eigenvalue weighted by molar-refractivity contribution is 5.94. The molecule has 0 spiro atoms. The van der Waals surface area contributed by atoms with Crippen LogP contribution in [-0.2, 0) is 21.3 Å². The summed E-state index contributed by atoms with van der Waals surface area (Å²) in [6, 6.07) is 1.82. The third-order valence-corrected chi connectivity index (χ3v) is 6.13. The second-order valence-electron chi connectivity index (χ2n) is 8.26. The zero-order chi connectivity index (χ0) is 25.8. The van der Waals surface area contributed by atoms with Gasteiger partial charge in [0.05, 0.1) is 30.4 Å². The lowest BCUT2D eigenvalue weighted by Gasteiger charge is -2.36. The van der Waals surface area contributed by atoms with Crippen molar-refractivity contribution >= 4 is 23.5 Å². The number of esters is 1. The molecule has 0 aliphatic carbocycles. The summed E-state index contributed by atoms with van der Waals surface area (Å²) < 4.78 is 85.3. The lowest BCUT2D eigenvalue weighted by Crippen LogP contribution is -2.49. The predicted molar refractivity (Wildman–Crippen MR) is 107 cm³/mol.